The molecule has 1 aliphatic carbocycles. The predicted octanol–water partition coefficient (Wildman–Crippen LogP) is 2.70. The maximum Gasteiger partial charge on any atom is 0.243 e. The van der Waals surface area contributed by atoms with Crippen molar-refractivity contribution in [3.63, 3.8) is 0 Å². The van der Waals surface area contributed by atoms with Gasteiger partial charge in [-0.15, -0.1) is 0 Å². The molecule has 1 aliphatic heterocycles. The van der Waals surface area contributed by atoms with Crippen LogP contribution in [-0.2, 0) is 14.8 Å². The third-order valence-electron chi connectivity index (χ3n) is 6.19. The quantitative estimate of drug-likeness (QED) is 0.716. The number of piperazine rings is 1. The first-order chi connectivity index (χ1) is 13.3. The summed E-state index contributed by atoms with van der Waals surface area (Å²) < 4.78 is 27.9. The number of benzene rings is 1. The number of sulfonamides is 1. The van der Waals surface area contributed by atoms with Gasteiger partial charge in [-0.25, -0.2) is 8.42 Å². The summed E-state index contributed by atoms with van der Waals surface area (Å²) in [5.74, 6) is 1.20. The number of nitrogens with zero attached hydrogens (tertiary/aromatic N) is 2. The van der Waals surface area contributed by atoms with Crippen molar-refractivity contribution in [3.05, 3.63) is 28.7 Å². The Labute approximate surface area is 176 Å². The molecule has 1 saturated carbocycles. The number of carbonyl (C=O) groups is 1. The van der Waals surface area contributed by atoms with Gasteiger partial charge in [-0.1, -0.05) is 48.7 Å². The van der Waals surface area contributed by atoms with Crippen LogP contribution in [0.2, 0.25) is 0 Å². The molecule has 2 aliphatic rings. The number of rotatable bonds is 5. The lowest BCUT2D eigenvalue weighted by molar-refractivity contribution is -0.124. The molecule has 1 aromatic rings. The van der Waals surface area contributed by atoms with Crippen molar-refractivity contribution in [2.24, 2.45) is 11.8 Å². The standard InChI is InChI=1S/C20H30BrN3O3S/c1-15-5-3-8-19(16(15)2)22-20(25)14-23-9-11-24(12-10-23)28(26,27)18-7-4-6-17(21)13-18/h4,6-7,13,15-16,19H,3,5,8-12,14H2,1-2H3,(H,22,25). The first kappa shape index (κ1) is 21.7. The smallest absolute Gasteiger partial charge is 0.243 e. The van der Waals surface area contributed by atoms with E-state index in [9.17, 15) is 13.2 Å². The minimum Gasteiger partial charge on any atom is -0.352 e. The van der Waals surface area contributed by atoms with Gasteiger partial charge in [0, 0.05) is 36.7 Å². The lowest BCUT2D eigenvalue weighted by Gasteiger charge is -2.36. The zero-order chi connectivity index (χ0) is 20.3. The number of halogens is 1. The summed E-state index contributed by atoms with van der Waals surface area (Å²) in [5, 5.41) is 3.20. The lowest BCUT2D eigenvalue weighted by atomic mass is 9.78. The van der Waals surface area contributed by atoms with Gasteiger partial charge < -0.3 is 5.32 Å². The van der Waals surface area contributed by atoms with Gasteiger partial charge in [0.15, 0.2) is 0 Å². The van der Waals surface area contributed by atoms with E-state index in [0.717, 1.165) is 10.9 Å². The second kappa shape index (κ2) is 9.24. The van der Waals surface area contributed by atoms with Gasteiger partial charge in [-0.05, 0) is 36.5 Å². The van der Waals surface area contributed by atoms with Gasteiger partial charge in [0.2, 0.25) is 15.9 Å². The van der Waals surface area contributed by atoms with Gasteiger partial charge in [0.25, 0.3) is 0 Å². The molecule has 1 saturated heterocycles. The van der Waals surface area contributed by atoms with E-state index in [1.54, 1.807) is 18.2 Å². The molecule has 0 aromatic heterocycles. The van der Waals surface area contributed by atoms with Crippen molar-refractivity contribution in [1.82, 2.24) is 14.5 Å². The van der Waals surface area contributed by atoms with Crippen LogP contribution < -0.4 is 5.32 Å². The van der Waals surface area contributed by atoms with Gasteiger partial charge in [0.05, 0.1) is 11.4 Å². The minimum absolute atomic E-state index is 0.0502. The molecule has 28 heavy (non-hydrogen) atoms. The van der Waals surface area contributed by atoms with Crippen LogP contribution in [0.1, 0.15) is 33.1 Å². The highest BCUT2D eigenvalue weighted by Gasteiger charge is 2.31. The van der Waals surface area contributed by atoms with E-state index in [1.165, 1.54) is 17.1 Å². The molecule has 6 nitrogen and oxygen atoms in total. The van der Waals surface area contributed by atoms with Gasteiger partial charge in [-0.3, -0.25) is 9.69 Å². The zero-order valence-electron chi connectivity index (χ0n) is 16.6. The predicted molar refractivity (Wildman–Crippen MR) is 113 cm³/mol. The minimum atomic E-state index is -3.50. The van der Waals surface area contributed by atoms with E-state index in [1.807, 2.05) is 11.0 Å². The van der Waals surface area contributed by atoms with E-state index in [-0.39, 0.29) is 11.9 Å². The van der Waals surface area contributed by atoms with Crippen LogP contribution in [-0.4, -0.2) is 62.3 Å². The summed E-state index contributed by atoms with van der Waals surface area (Å²) in [4.78, 5) is 14.8. The summed E-state index contributed by atoms with van der Waals surface area (Å²) in [5.41, 5.74) is 0. The van der Waals surface area contributed by atoms with Gasteiger partial charge >= 0.3 is 0 Å². The molecule has 156 valence electrons. The van der Waals surface area contributed by atoms with Gasteiger partial charge in [-0.2, -0.15) is 4.31 Å². The second-order valence-corrected chi connectivity index (χ2v) is 10.9. The number of hydrogen-bond acceptors (Lipinski definition) is 4. The van der Waals surface area contributed by atoms with Crippen molar-refractivity contribution in [3.8, 4) is 0 Å². The average Bonchev–Trinajstić information content (AvgIpc) is 2.66. The first-order valence-corrected chi connectivity index (χ1v) is 12.3. The van der Waals surface area contributed by atoms with Crippen molar-refractivity contribution >= 4 is 31.9 Å². The Bertz CT molecular complexity index is 794. The van der Waals surface area contributed by atoms with Crippen LogP contribution >= 0.6 is 15.9 Å². The third-order valence-corrected chi connectivity index (χ3v) is 8.57. The highest BCUT2D eigenvalue weighted by molar-refractivity contribution is 9.10. The molecule has 0 spiro atoms. The molecular formula is C20H30BrN3O3S. The van der Waals surface area contributed by atoms with E-state index < -0.39 is 10.0 Å². The SMILES string of the molecule is CC1CCCC(NC(=O)CN2CCN(S(=O)(=O)c3cccc(Br)c3)CC2)C1C. The van der Waals surface area contributed by atoms with Crippen LogP contribution in [0.5, 0.6) is 0 Å². The fourth-order valence-corrected chi connectivity index (χ4v) is 6.17. The Hall–Kier alpha value is -0.960. The number of carbonyl (C=O) groups excluding carboxylic acids is 1. The molecule has 1 aromatic carbocycles. The van der Waals surface area contributed by atoms with Crippen molar-refractivity contribution in [1.29, 1.82) is 0 Å². The highest BCUT2D eigenvalue weighted by Crippen LogP contribution is 2.29. The molecule has 1 amide bonds. The fraction of sp³-hybridized carbons (Fsp3) is 0.650. The molecule has 0 radical (unpaired) electrons. The molecule has 1 N–H and O–H groups in total. The largest absolute Gasteiger partial charge is 0.352 e. The molecule has 2 fully saturated rings. The Morgan fingerprint density at radius 3 is 2.57 bits per heavy atom. The molecule has 8 heteroatoms. The molecule has 3 atom stereocenters. The average molecular weight is 472 g/mol. The number of hydrogen-bond donors (Lipinski definition) is 1. The zero-order valence-corrected chi connectivity index (χ0v) is 19.0. The summed E-state index contributed by atoms with van der Waals surface area (Å²) in [7, 11) is -3.50. The van der Waals surface area contributed by atoms with Gasteiger partial charge in [0.1, 0.15) is 0 Å². The molecule has 0 bridgehead atoms. The van der Waals surface area contributed by atoms with E-state index >= 15 is 0 Å². The number of amides is 1. The Morgan fingerprint density at radius 1 is 1.18 bits per heavy atom. The Kier molecular flexibility index (Phi) is 7.17. The van der Waals surface area contributed by atoms with E-state index in [0.29, 0.717) is 49.5 Å². The Morgan fingerprint density at radius 2 is 1.89 bits per heavy atom. The summed E-state index contributed by atoms with van der Waals surface area (Å²) in [6.45, 7) is 6.75. The van der Waals surface area contributed by atoms with E-state index in [4.69, 9.17) is 0 Å². The molecule has 1 heterocycles. The lowest BCUT2D eigenvalue weighted by Crippen LogP contribution is -2.52. The molecule has 3 rings (SSSR count). The monoisotopic (exact) mass is 471 g/mol. The van der Waals surface area contributed by atoms with Crippen LogP contribution in [0.15, 0.2) is 33.6 Å². The van der Waals surface area contributed by atoms with Crippen LogP contribution in [0.3, 0.4) is 0 Å². The van der Waals surface area contributed by atoms with Crippen LogP contribution in [0.25, 0.3) is 0 Å². The maximum absolute atomic E-state index is 12.8. The van der Waals surface area contributed by atoms with Crippen LogP contribution in [0, 0.1) is 11.8 Å². The van der Waals surface area contributed by atoms with Crippen molar-refractivity contribution in [2.45, 2.75) is 44.0 Å². The summed E-state index contributed by atoms with van der Waals surface area (Å²) in [6.07, 6.45) is 3.46. The molecular weight excluding hydrogens is 442 g/mol. The summed E-state index contributed by atoms with van der Waals surface area (Å²) in [6, 6.07) is 7.04. The maximum atomic E-state index is 12.8. The van der Waals surface area contributed by atoms with Crippen LogP contribution in [0.4, 0.5) is 0 Å². The highest BCUT2D eigenvalue weighted by atomic mass is 79.9. The van der Waals surface area contributed by atoms with E-state index in [2.05, 4.69) is 35.1 Å². The van der Waals surface area contributed by atoms with Crippen molar-refractivity contribution in [2.75, 3.05) is 32.7 Å². The Balaban J connectivity index is 1.50. The fourth-order valence-electron chi connectivity index (χ4n) is 4.15. The second-order valence-electron chi connectivity index (χ2n) is 8.08. The van der Waals surface area contributed by atoms with Crippen molar-refractivity contribution < 1.29 is 13.2 Å². The first-order valence-electron chi connectivity index (χ1n) is 10.0. The normalized spacial score (nSPS) is 27.5. The topological polar surface area (TPSA) is 69.7 Å². The third kappa shape index (κ3) is 5.14. The number of nitrogens with one attached hydrogen (secondary N) is 1. The summed E-state index contributed by atoms with van der Waals surface area (Å²) >= 11 is 3.33. The molecule has 3 unspecified atom stereocenters.